The zero-order valence-electron chi connectivity index (χ0n) is 21.3. The summed E-state index contributed by atoms with van der Waals surface area (Å²) in [7, 11) is 3.41. The van der Waals surface area contributed by atoms with E-state index >= 15 is 0 Å². The first-order chi connectivity index (χ1) is 17.0. The number of hydrogen-bond acceptors (Lipinski definition) is 0. The molecule has 0 amide bonds. The fourth-order valence-corrected chi connectivity index (χ4v) is 5.13. The van der Waals surface area contributed by atoms with Gasteiger partial charge in [0.2, 0.25) is 0 Å². The minimum absolute atomic E-state index is 0. The summed E-state index contributed by atoms with van der Waals surface area (Å²) >= 11 is 0. The summed E-state index contributed by atoms with van der Waals surface area (Å²) in [6, 6.07) is 32.3. The zero-order valence-corrected chi connectivity index (χ0v) is 25.6. The molecule has 0 bridgehead atoms. The van der Waals surface area contributed by atoms with Gasteiger partial charge in [-0.2, -0.15) is 0 Å². The molecule has 36 heavy (non-hydrogen) atoms. The maximum atomic E-state index is 3.85. The molecule has 0 atom stereocenters. The quantitative estimate of drug-likeness (QED) is 0.279. The van der Waals surface area contributed by atoms with Crippen molar-refractivity contribution in [1.82, 2.24) is 0 Å². The van der Waals surface area contributed by atoms with Crippen molar-refractivity contribution >= 4 is 38.5 Å². The van der Waals surface area contributed by atoms with Gasteiger partial charge in [0.05, 0.1) is 0 Å². The molecular weight excluding hydrogens is 550 g/mol. The van der Waals surface area contributed by atoms with E-state index in [2.05, 4.69) is 126 Å². The Morgan fingerprint density at radius 1 is 0.472 bits per heavy atom. The van der Waals surface area contributed by atoms with Crippen LogP contribution in [0.25, 0.3) is 0 Å². The molecule has 180 valence electrons. The smallest absolute Gasteiger partial charge is 0 e. The topological polar surface area (TPSA) is 0 Å². The molecule has 2 fully saturated rings. The molecule has 3 aromatic rings. The molecule has 2 saturated carbocycles. The van der Waals surface area contributed by atoms with Crippen LogP contribution < -0.4 is 15.9 Å². The number of rotatable bonds is 3. The van der Waals surface area contributed by atoms with Gasteiger partial charge >= 0.3 is 0 Å². The summed E-state index contributed by atoms with van der Waals surface area (Å²) in [5, 5.41) is 4.19. The van der Waals surface area contributed by atoms with E-state index in [4.69, 9.17) is 0 Å². The van der Waals surface area contributed by atoms with Gasteiger partial charge in [0.1, 0.15) is 0 Å². The van der Waals surface area contributed by atoms with Gasteiger partial charge in [0.15, 0.2) is 0 Å². The molecule has 0 N–H and O–H groups in total. The molecule has 0 heterocycles. The van der Waals surface area contributed by atoms with Gasteiger partial charge in [-0.05, 0) is 108 Å². The van der Waals surface area contributed by atoms with Crippen molar-refractivity contribution in [2.24, 2.45) is 5.41 Å². The monoisotopic (exact) mass is 582 g/mol. The second kappa shape index (κ2) is 20.1. The predicted molar refractivity (Wildman–Crippen MR) is 160 cm³/mol. The van der Waals surface area contributed by atoms with Gasteiger partial charge in [-0.15, -0.1) is 0 Å². The van der Waals surface area contributed by atoms with Crippen LogP contribution in [-0.2, 0) is 26.2 Å². The van der Waals surface area contributed by atoms with E-state index in [0.717, 1.165) is 0 Å². The van der Waals surface area contributed by atoms with Crippen LogP contribution >= 0.6 is 16.8 Å². The third kappa shape index (κ3) is 14.8. The largest absolute Gasteiger partial charge is 0.0622 e. The Balaban J connectivity index is 0.000000310. The van der Waals surface area contributed by atoms with Crippen LogP contribution in [0.3, 0.4) is 0 Å². The van der Waals surface area contributed by atoms with E-state index in [9.17, 15) is 0 Å². The van der Waals surface area contributed by atoms with E-state index in [1.54, 1.807) is 0 Å². The van der Waals surface area contributed by atoms with Crippen LogP contribution in [0, 0.1) is 69.6 Å². The molecule has 0 aromatic heterocycles. The molecule has 3 aromatic carbocycles. The summed E-state index contributed by atoms with van der Waals surface area (Å²) in [6.07, 6.45) is 20.0. The zero-order chi connectivity index (χ0) is 25.2. The Bertz CT molecular complexity index is 778. The maximum Gasteiger partial charge on any atom is 0 e. The van der Waals surface area contributed by atoms with Crippen LogP contribution in [0.15, 0.2) is 91.0 Å². The molecular formula is C33H34P2Zr. The number of hydrogen-bond donors (Lipinski definition) is 0. The average molecular weight is 584 g/mol. The first-order valence-corrected chi connectivity index (χ1v) is 13.5. The molecule has 12 radical (unpaired) electrons. The van der Waals surface area contributed by atoms with Crippen molar-refractivity contribution in [3.63, 3.8) is 0 Å². The molecule has 0 unspecified atom stereocenters. The molecule has 0 spiro atoms. The van der Waals surface area contributed by atoms with E-state index in [-0.39, 0.29) is 31.6 Å². The Morgan fingerprint density at radius 2 is 0.667 bits per heavy atom. The van der Waals surface area contributed by atoms with Gasteiger partial charge in [-0.25, -0.2) is 0 Å². The molecule has 0 nitrogen and oxygen atoms in total. The normalized spacial score (nSPS) is 14.1. The molecule has 2 aliphatic rings. The average Bonchev–Trinajstić information content (AvgIpc) is 3.66. The summed E-state index contributed by atoms with van der Waals surface area (Å²) < 4.78 is 0. The van der Waals surface area contributed by atoms with Crippen LogP contribution in [0.2, 0.25) is 0 Å². The molecule has 2 aliphatic carbocycles. The van der Waals surface area contributed by atoms with Crippen molar-refractivity contribution in [2.45, 2.75) is 20.8 Å². The Labute approximate surface area is 244 Å². The Morgan fingerprint density at radius 3 is 0.833 bits per heavy atom. The third-order valence-electron chi connectivity index (χ3n) is 4.49. The van der Waals surface area contributed by atoms with Gasteiger partial charge < -0.3 is 0 Å². The van der Waals surface area contributed by atoms with Crippen LogP contribution in [-0.4, -0.2) is 5.80 Å². The minimum Gasteiger partial charge on any atom is -0.0622 e. The fourth-order valence-electron chi connectivity index (χ4n) is 2.82. The summed E-state index contributed by atoms with van der Waals surface area (Å²) in [5.74, 6) is 2.80. The Kier molecular flexibility index (Phi) is 18.6. The molecule has 5 rings (SSSR count). The third-order valence-corrected chi connectivity index (χ3v) is 7.60. The van der Waals surface area contributed by atoms with Gasteiger partial charge in [-0.3, -0.25) is 0 Å². The minimum atomic E-state index is -0.446. The second-order valence-electron chi connectivity index (χ2n) is 8.63. The van der Waals surface area contributed by atoms with Gasteiger partial charge in [0.25, 0.3) is 0 Å². The molecule has 3 heteroatoms. The number of benzene rings is 3. The Hall–Kier alpha value is -0.857. The van der Waals surface area contributed by atoms with Gasteiger partial charge in [-0.1, -0.05) is 112 Å². The van der Waals surface area contributed by atoms with Crippen molar-refractivity contribution in [2.75, 3.05) is 0 Å². The van der Waals surface area contributed by atoms with Crippen molar-refractivity contribution < 1.29 is 26.2 Å². The van der Waals surface area contributed by atoms with Crippen molar-refractivity contribution in [3.05, 3.63) is 155 Å². The summed E-state index contributed by atoms with van der Waals surface area (Å²) in [5.41, 5.74) is 0.156. The summed E-state index contributed by atoms with van der Waals surface area (Å²) in [4.78, 5) is 0. The summed E-state index contributed by atoms with van der Waals surface area (Å²) in [6.45, 7) is 6.17. The van der Waals surface area contributed by atoms with Crippen LogP contribution in [0.4, 0.5) is 0 Å². The standard InChI is InChI=1S/C18H15P.C5H9P.2C5H5.Zr/c1-4-10-16(11-5-1)19(17-12-6-2-7-13-17)18-14-8-3-9-15-18;1-5(2,3)4-6;2*1-2-4-5-3-1;/h1-15H;1-3H3;2*1-5H;. The first kappa shape index (κ1) is 33.2. The van der Waals surface area contributed by atoms with Gasteiger partial charge in [0, 0.05) is 26.2 Å². The SMILES string of the molecule is CC(C)(C)[C]=[P].[CH]1[CH][CH][CH][CH]1.[CH]1[CH][CH][CH][CH]1.[Zr].c1ccc(P(c2ccccc2)c2ccccc2)cc1. The van der Waals surface area contributed by atoms with Crippen molar-refractivity contribution in [1.29, 1.82) is 0 Å². The molecule has 0 aliphatic heterocycles. The van der Waals surface area contributed by atoms with E-state index in [0.29, 0.717) is 0 Å². The van der Waals surface area contributed by atoms with Crippen LogP contribution in [0.5, 0.6) is 0 Å². The van der Waals surface area contributed by atoms with E-state index in [1.807, 2.05) is 64.2 Å². The maximum absolute atomic E-state index is 3.85. The van der Waals surface area contributed by atoms with E-state index < -0.39 is 7.92 Å². The van der Waals surface area contributed by atoms with Crippen molar-refractivity contribution in [3.8, 4) is 0 Å². The van der Waals surface area contributed by atoms with E-state index in [1.165, 1.54) is 15.9 Å². The first-order valence-electron chi connectivity index (χ1n) is 11.7. The fraction of sp³-hybridized carbons (Fsp3) is 0.121. The molecule has 0 saturated heterocycles. The predicted octanol–water partition coefficient (Wildman–Crippen LogP) is 7.61. The van der Waals surface area contributed by atoms with Crippen LogP contribution in [0.1, 0.15) is 20.8 Å². The second-order valence-corrected chi connectivity index (χ2v) is 11.1.